The van der Waals surface area contributed by atoms with E-state index in [9.17, 15) is 0 Å². The largest absolute Gasteiger partial charge is 0.340 e. The zero-order valence-corrected chi connectivity index (χ0v) is 7.42. The van der Waals surface area contributed by atoms with E-state index in [1.807, 2.05) is 6.92 Å². The Bertz CT molecular complexity index is 276. The molecule has 0 spiro atoms. The molecule has 1 aliphatic heterocycles. The van der Waals surface area contributed by atoms with E-state index in [1.165, 1.54) is 6.42 Å². The second-order valence-electron chi connectivity index (χ2n) is 3.50. The molecule has 1 aliphatic rings. The molecule has 2 rings (SSSR count). The van der Waals surface area contributed by atoms with Crippen molar-refractivity contribution in [3.63, 3.8) is 0 Å². The smallest absolute Gasteiger partial charge is 0.223 e. The topological polar surface area (TPSA) is 51.0 Å². The number of aryl methyl sites for hydroxylation is 1. The van der Waals surface area contributed by atoms with Crippen molar-refractivity contribution in [2.75, 3.05) is 6.54 Å². The van der Waals surface area contributed by atoms with Crippen molar-refractivity contribution in [2.24, 2.45) is 0 Å². The maximum absolute atomic E-state index is 4.94. The highest BCUT2D eigenvalue weighted by molar-refractivity contribution is 5.05. The van der Waals surface area contributed by atoms with Crippen LogP contribution >= 0.6 is 0 Å². The van der Waals surface area contributed by atoms with Crippen molar-refractivity contribution < 1.29 is 4.52 Å². The van der Waals surface area contributed by atoms with Crippen LogP contribution in [0.15, 0.2) is 4.52 Å². The molecule has 0 amide bonds. The number of aromatic nitrogens is 2. The molecule has 1 unspecified atom stereocenters. The summed E-state index contributed by atoms with van der Waals surface area (Å²) in [7, 11) is 0. The Morgan fingerprint density at radius 1 is 1.58 bits per heavy atom. The van der Waals surface area contributed by atoms with E-state index >= 15 is 0 Å². The van der Waals surface area contributed by atoms with Gasteiger partial charge in [0.15, 0.2) is 5.82 Å². The van der Waals surface area contributed by atoms with Gasteiger partial charge in [0, 0.05) is 6.92 Å². The third-order valence-corrected chi connectivity index (χ3v) is 2.39. The number of nitrogens with one attached hydrogen (secondary N) is 1. The van der Waals surface area contributed by atoms with E-state index in [0.717, 1.165) is 18.8 Å². The fourth-order valence-electron chi connectivity index (χ4n) is 1.61. The average Bonchev–Trinajstić information content (AvgIpc) is 2.59. The molecule has 1 aromatic rings. The van der Waals surface area contributed by atoms with E-state index in [-0.39, 0.29) is 5.54 Å². The van der Waals surface area contributed by atoms with Gasteiger partial charge in [-0.25, -0.2) is 0 Å². The summed E-state index contributed by atoms with van der Waals surface area (Å²) in [5, 5.41) is 7.30. The molecule has 4 heteroatoms. The molecule has 4 nitrogen and oxygen atoms in total. The first-order chi connectivity index (χ1) is 5.71. The van der Waals surface area contributed by atoms with Crippen LogP contribution in [0.25, 0.3) is 0 Å². The zero-order chi connectivity index (χ0) is 8.60. The Balaban J connectivity index is 2.28. The highest BCUT2D eigenvalue weighted by Gasteiger charge is 2.34. The maximum atomic E-state index is 4.94. The molecular formula is C8H13N3O. The van der Waals surface area contributed by atoms with Crippen LogP contribution in [0.2, 0.25) is 0 Å². The predicted octanol–water partition coefficient (Wildman–Crippen LogP) is 0.977. The van der Waals surface area contributed by atoms with Gasteiger partial charge in [0.2, 0.25) is 5.89 Å². The van der Waals surface area contributed by atoms with Gasteiger partial charge in [0.25, 0.3) is 0 Å². The Kier molecular flexibility index (Phi) is 1.65. The molecule has 1 saturated heterocycles. The molecular weight excluding hydrogens is 154 g/mol. The lowest BCUT2D eigenvalue weighted by Gasteiger charge is -2.18. The Labute approximate surface area is 71.4 Å². The van der Waals surface area contributed by atoms with Gasteiger partial charge in [-0.1, -0.05) is 5.16 Å². The van der Waals surface area contributed by atoms with Gasteiger partial charge in [-0.2, -0.15) is 4.98 Å². The van der Waals surface area contributed by atoms with Gasteiger partial charge < -0.3 is 9.84 Å². The van der Waals surface area contributed by atoms with Crippen LogP contribution in [0.5, 0.6) is 0 Å². The predicted molar refractivity (Wildman–Crippen MR) is 43.6 cm³/mol. The molecule has 66 valence electrons. The van der Waals surface area contributed by atoms with Gasteiger partial charge in [0.1, 0.15) is 0 Å². The normalized spacial score (nSPS) is 29.5. The molecule has 1 N–H and O–H groups in total. The third kappa shape index (κ3) is 1.12. The first-order valence-corrected chi connectivity index (χ1v) is 4.26. The first-order valence-electron chi connectivity index (χ1n) is 4.26. The van der Waals surface area contributed by atoms with Crippen molar-refractivity contribution in [2.45, 2.75) is 32.2 Å². The van der Waals surface area contributed by atoms with Crippen molar-refractivity contribution in [1.82, 2.24) is 15.5 Å². The van der Waals surface area contributed by atoms with Gasteiger partial charge in [-0.05, 0) is 26.3 Å². The van der Waals surface area contributed by atoms with Gasteiger partial charge in [-0.3, -0.25) is 0 Å². The Morgan fingerprint density at radius 2 is 2.42 bits per heavy atom. The fraction of sp³-hybridized carbons (Fsp3) is 0.750. The minimum absolute atomic E-state index is 0.0578. The van der Waals surface area contributed by atoms with E-state index in [0.29, 0.717) is 5.89 Å². The molecule has 12 heavy (non-hydrogen) atoms. The molecule has 0 radical (unpaired) electrons. The molecule has 0 aromatic carbocycles. The molecule has 0 aliphatic carbocycles. The van der Waals surface area contributed by atoms with Gasteiger partial charge in [-0.15, -0.1) is 0 Å². The summed E-state index contributed by atoms with van der Waals surface area (Å²) in [6.45, 7) is 4.98. The van der Waals surface area contributed by atoms with Crippen LogP contribution < -0.4 is 5.32 Å². The lowest BCUT2D eigenvalue weighted by molar-refractivity contribution is 0.348. The zero-order valence-electron chi connectivity index (χ0n) is 7.42. The summed E-state index contributed by atoms with van der Waals surface area (Å²) < 4.78 is 4.94. The minimum atomic E-state index is -0.0578. The Morgan fingerprint density at radius 3 is 2.92 bits per heavy atom. The standard InChI is InChI=1S/C8H13N3O/c1-6-10-7(11-12-6)8(2)4-3-5-9-8/h9H,3-5H2,1-2H3. The van der Waals surface area contributed by atoms with E-state index in [1.54, 1.807) is 0 Å². The van der Waals surface area contributed by atoms with Crippen molar-refractivity contribution in [3.05, 3.63) is 11.7 Å². The highest BCUT2D eigenvalue weighted by atomic mass is 16.5. The fourth-order valence-corrected chi connectivity index (χ4v) is 1.61. The molecule has 1 atom stereocenters. The monoisotopic (exact) mass is 167 g/mol. The van der Waals surface area contributed by atoms with Crippen LogP contribution in [-0.2, 0) is 5.54 Å². The SMILES string of the molecule is Cc1nc(C2(C)CCCN2)no1. The number of nitrogens with zero attached hydrogens (tertiary/aromatic N) is 2. The number of hydrogen-bond acceptors (Lipinski definition) is 4. The summed E-state index contributed by atoms with van der Waals surface area (Å²) in [5.41, 5.74) is -0.0578. The summed E-state index contributed by atoms with van der Waals surface area (Å²) >= 11 is 0. The first kappa shape index (κ1) is 7.73. The molecule has 2 heterocycles. The maximum Gasteiger partial charge on any atom is 0.223 e. The summed E-state index contributed by atoms with van der Waals surface area (Å²) in [6, 6.07) is 0. The van der Waals surface area contributed by atoms with Gasteiger partial charge >= 0.3 is 0 Å². The quantitative estimate of drug-likeness (QED) is 0.677. The van der Waals surface area contributed by atoms with Crippen molar-refractivity contribution in [3.8, 4) is 0 Å². The lowest BCUT2D eigenvalue weighted by Crippen LogP contribution is -2.34. The van der Waals surface area contributed by atoms with Crippen LogP contribution in [0.1, 0.15) is 31.5 Å². The molecule has 0 saturated carbocycles. The summed E-state index contributed by atoms with van der Waals surface area (Å²) in [6.07, 6.45) is 2.27. The van der Waals surface area contributed by atoms with Crippen molar-refractivity contribution >= 4 is 0 Å². The Hall–Kier alpha value is -0.900. The second-order valence-corrected chi connectivity index (χ2v) is 3.50. The summed E-state index contributed by atoms with van der Waals surface area (Å²) in [5.74, 6) is 1.43. The summed E-state index contributed by atoms with van der Waals surface area (Å²) in [4.78, 5) is 4.22. The number of rotatable bonds is 1. The molecule has 0 bridgehead atoms. The third-order valence-electron chi connectivity index (χ3n) is 2.39. The van der Waals surface area contributed by atoms with Crippen LogP contribution in [-0.4, -0.2) is 16.7 Å². The van der Waals surface area contributed by atoms with Crippen molar-refractivity contribution in [1.29, 1.82) is 0 Å². The van der Waals surface area contributed by atoms with Crippen LogP contribution in [0.4, 0.5) is 0 Å². The lowest BCUT2D eigenvalue weighted by atomic mass is 10.00. The van der Waals surface area contributed by atoms with E-state index in [4.69, 9.17) is 4.52 Å². The van der Waals surface area contributed by atoms with Crippen LogP contribution in [0, 0.1) is 6.92 Å². The minimum Gasteiger partial charge on any atom is -0.340 e. The molecule has 1 fully saturated rings. The van der Waals surface area contributed by atoms with E-state index < -0.39 is 0 Å². The molecule has 1 aromatic heterocycles. The average molecular weight is 167 g/mol. The highest BCUT2D eigenvalue weighted by Crippen LogP contribution is 2.27. The second kappa shape index (κ2) is 2.55. The van der Waals surface area contributed by atoms with E-state index in [2.05, 4.69) is 22.4 Å². The number of hydrogen-bond donors (Lipinski definition) is 1. The van der Waals surface area contributed by atoms with Gasteiger partial charge in [0.05, 0.1) is 5.54 Å². The van der Waals surface area contributed by atoms with Crippen LogP contribution in [0.3, 0.4) is 0 Å².